The zero-order valence-corrected chi connectivity index (χ0v) is 11.6. The highest BCUT2D eigenvalue weighted by Crippen LogP contribution is 2.30. The summed E-state index contributed by atoms with van der Waals surface area (Å²) >= 11 is 0. The third-order valence-electron chi connectivity index (χ3n) is 3.70. The number of H-pyrrole nitrogens is 2. The van der Waals surface area contributed by atoms with Gasteiger partial charge in [0.05, 0.1) is 0 Å². The summed E-state index contributed by atoms with van der Waals surface area (Å²) in [6.45, 7) is 8.67. The molecule has 0 radical (unpaired) electrons. The molecule has 0 aliphatic rings. The van der Waals surface area contributed by atoms with Crippen molar-refractivity contribution in [2.75, 3.05) is 0 Å². The summed E-state index contributed by atoms with van der Waals surface area (Å²) in [6, 6.07) is 0. The molecule has 2 heterocycles. The van der Waals surface area contributed by atoms with E-state index in [1.165, 1.54) is 11.4 Å². The summed E-state index contributed by atoms with van der Waals surface area (Å²) in [5.74, 6) is 2.93. The molecule has 0 amide bonds. The maximum absolute atomic E-state index is 4.37. The van der Waals surface area contributed by atoms with E-state index < -0.39 is 0 Å². The zero-order chi connectivity index (χ0) is 13.1. The number of rotatable bonds is 5. The molecule has 2 aromatic heterocycles. The highest BCUT2D eigenvalue weighted by molar-refractivity contribution is 5.16. The highest BCUT2D eigenvalue weighted by Gasteiger charge is 2.19. The predicted molar refractivity (Wildman–Crippen MR) is 72.8 cm³/mol. The minimum absolute atomic E-state index is 0.406. The topological polar surface area (TPSA) is 57.4 Å². The molecular weight excluding hydrogens is 224 g/mol. The van der Waals surface area contributed by atoms with Crippen molar-refractivity contribution in [1.29, 1.82) is 0 Å². The molecule has 0 aromatic carbocycles. The van der Waals surface area contributed by atoms with Gasteiger partial charge in [0.25, 0.3) is 0 Å². The Bertz CT molecular complexity index is 451. The van der Waals surface area contributed by atoms with Crippen LogP contribution in [0.1, 0.15) is 62.6 Å². The Morgan fingerprint density at radius 3 is 1.56 bits per heavy atom. The van der Waals surface area contributed by atoms with E-state index in [9.17, 15) is 0 Å². The normalized spacial score (nSPS) is 14.7. The van der Waals surface area contributed by atoms with Gasteiger partial charge in [0, 0.05) is 48.5 Å². The second kappa shape index (κ2) is 5.38. The van der Waals surface area contributed by atoms with Gasteiger partial charge in [0.1, 0.15) is 11.6 Å². The fourth-order valence-corrected chi connectivity index (χ4v) is 2.12. The first-order valence-electron chi connectivity index (χ1n) is 6.73. The van der Waals surface area contributed by atoms with E-state index in [0.717, 1.165) is 24.5 Å². The summed E-state index contributed by atoms with van der Waals surface area (Å²) in [7, 11) is 0. The Hall–Kier alpha value is -1.58. The maximum Gasteiger partial charge on any atom is 0.105 e. The van der Waals surface area contributed by atoms with Crippen molar-refractivity contribution in [3.05, 3.63) is 35.4 Å². The van der Waals surface area contributed by atoms with Gasteiger partial charge < -0.3 is 9.97 Å². The molecular formula is C14H22N4. The summed E-state index contributed by atoms with van der Waals surface area (Å²) in [5.41, 5.74) is 2.40. The number of nitrogens with one attached hydrogen (secondary N) is 2. The van der Waals surface area contributed by atoms with Crippen LogP contribution in [0.15, 0.2) is 12.4 Å². The van der Waals surface area contributed by atoms with Gasteiger partial charge in [-0.25, -0.2) is 9.97 Å². The predicted octanol–water partition coefficient (Wildman–Crippen LogP) is 3.16. The average molecular weight is 246 g/mol. The largest absolute Gasteiger partial charge is 0.346 e. The first-order valence-corrected chi connectivity index (χ1v) is 6.73. The minimum Gasteiger partial charge on any atom is -0.346 e. The van der Waals surface area contributed by atoms with Crippen molar-refractivity contribution in [1.82, 2.24) is 19.9 Å². The van der Waals surface area contributed by atoms with E-state index in [-0.39, 0.29) is 0 Å². The molecule has 0 saturated carbocycles. The van der Waals surface area contributed by atoms with Crippen LogP contribution in [0.2, 0.25) is 0 Å². The summed E-state index contributed by atoms with van der Waals surface area (Å²) in [6.07, 6.45) is 5.81. The fraction of sp³-hybridized carbons (Fsp3) is 0.571. The van der Waals surface area contributed by atoms with Crippen LogP contribution in [-0.2, 0) is 12.8 Å². The molecule has 0 bridgehead atoms. The summed E-state index contributed by atoms with van der Waals surface area (Å²) in [4.78, 5) is 15.5. The number of aryl methyl sites for hydroxylation is 2. The molecule has 2 N–H and O–H groups in total. The van der Waals surface area contributed by atoms with Crippen LogP contribution in [-0.4, -0.2) is 19.9 Å². The molecule has 4 heteroatoms. The minimum atomic E-state index is 0.406. The molecule has 2 unspecified atom stereocenters. The lowest BCUT2D eigenvalue weighted by molar-refractivity contribution is 0.596. The standard InChI is InChI=1S/C14H22N4/c1-5-13-15-7-11(17-13)9(3)10(4)12-8-16-14(6-2)18-12/h7-10H,5-6H2,1-4H3,(H,15,17)(H,16,18). The van der Waals surface area contributed by atoms with Gasteiger partial charge in [-0.2, -0.15) is 0 Å². The van der Waals surface area contributed by atoms with E-state index in [0.29, 0.717) is 11.8 Å². The molecule has 0 fully saturated rings. The van der Waals surface area contributed by atoms with Gasteiger partial charge in [0.15, 0.2) is 0 Å². The molecule has 0 aliphatic heterocycles. The van der Waals surface area contributed by atoms with Crippen LogP contribution >= 0.6 is 0 Å². The van der Waals surface area contributed by atoms with E-state index in [1.54, 1.807) is 0 Å². The van der Waals surface area contributed by atoms with Gasteiger partial charge in [-0.15, -0.1) is 0 Å². The first kappa shape index (κ1) is 12.9. The molecule has 2 aromatic rings. The molecule has 2 rings (SSSR count). The molecule has 0 saturated heterocycles. The van der Waals surface area contributed by atoms with Gasteiger partial charge >= 0.3 is 0 Å². The molecule has 18 heavy (non-hydrogen) atoms. The van der Waals surface area contributed by atoms with Crippen LogP contribution in [0.3, 0.4) is 0 Å². The average Bonchev–Trinajstić information content (AvgIpc) is 3.05. The van der Waals surface area contributed by atoms with Crippen molar-refractivity contribution < 1.29 is 0 Å². The van der Waals surface area contributed by atoms with E-state index in [4.69, 9.17) is 0 Å². The van der Waals surface area contributed by atoms with Gasteiger partial charge in [-0.3, -0.25) is 0 Å². The smallest absolute Gasteiger partial charge is 0.105 e. The summed E-state index contributed by atoms with van der Waals surface area (Å²) < 4.78 is 0. The van der Waals surface area contributed by atoms with Crippen molar-refractivity contribution in [2.45, 2.75) is 52.4 Å². The second-order valence-electron chi connectivity index (χ2n) is 4.85. The van der Waals surface area contributed by atoms with Crippen LogP contribution in [0.5, 0.6) is 0 Å². The Morgan fingerprint density at radius 2 is 1.28 bits per heavy atom. The lowest BCUT2D eigenvalue weighted by Crippen LogP contribution is -2.06. The van der Waals surface area contributed by atoms with Crippen LogP contribution in [0, 0.1) is 0 Å². The zero-order valence-electron chi connectivity index (χ0n) is 11.6. The van der Waals surface area contributed by atoms with E-state index >= 15 is 0 Å². The first-order chi connectivity index (χ1) is 8.65. The number of hydrogen-bond acceptors (Lipinski definition) is 2. The second-order valence-corrected chi connectivity index (χ2v) is 4.85. The number of aromatic amines is 2. The Morgan fingerprint density at radius 1 is 0.889 bits per heavy atom. The highest BCUT2D eigenvalue weighted by atomic mass is 14.9. The van der Waals surface area contributed by atoms with Crippen LogP contribution in [0.25, 0.3) is 0 Å². The van der Waals surface area contributed by atoms with Crippen molar-refractivity contribution >= 4 is 0 Å². The van der Waals surface area contributed by atoms with Crippen LogP contribution < -0.4 is 0 Å². The summed E-state index contributed by atoms with van der Waals surface area (Å²) in [5, 5.41) is 0. The lowest BCUT2D eigenvalue weighted by Gasteiger charge is -2.17. The van der Waals surface area contributed by atoms with E-state index in [1.807, 2.05) is 12.4 Å². The molecule has 0 spiro atoms. The number of imidazole rings is 2. The third-order valence-corrected chi connectivity index (χ3v) is 3.70. The van der Waals surface area contributed by atoms with Crippen molar-refractivity contribution in [3.8, 4) is 0 Å². The number of nitrogens with zero attached hydrogens (tertiary/aromatic N) is 2. The fourth-order valence-electron chi connectivity index (χ4n) is 2.12. The number of aromatic nitrogens is 4. The molecule has 2 atom stereocenters. The van der Waals surface area contributed by atoms with E-state index in [2.05, 4.69) is 47.6 Å². The molecule has 0 aliphatic carbocycles. The Kier molecular flexibility index (Phi) is 3.84. The third kappa shape index (κ3) is 2.47. The van der Waals surface area contributed by atoms with Crippen molar-refractivity contribution in [2.24, 2.45) is 0 Å². The molecule has 98 valence electrons. The monoisotopic (exact) mass is 246 g/mol. The van der Waals surface area contributed by atoms with Gasteiger partial charge in [0.2, 0.25) is 0 Å². The molecule has 4 nitrogen and oxygen atoms in total. The maximum atomic E-state index is 4.37. The quantitative estimate of drug-likeness (QED) is 0.851. The van der Waals surface area contributed by atoms with Gasteiger partial charge in [-0.1, -0.05) is 27.7 Å². The SMILES string of the molecule is CCc1ncc(C(C)C(C)c2cnc(CC)[nH]2)[nH]1. The Balaban J connectivity index is 2.14. The Labute approximate surface area is 108 Å². The lowest BCUT2D eigenvalue weighted by atomic mass is 9.91. The van der Waals surface area contributed by atoms with Crippen molar-refractivity contribution in [3.63, 3.8) is 0 Å². The van der Waals surface area contributed by atoms with Crippen LogP contribution in [0.4, 0.5) is 0 Å². The van der Waals surface area contributed by atoms with Gasteiger partial charge in [-0.05, 0) is 0 Å². The number of hydrogen-bond donors (Lipinski definition) is 2.